The van der Waals surface area contributed by atoms with Crippen LogP contribution in [0.4, 0.5) is 0 Å². The van der Waals surface area contributed by atoms with Gasteiger partial charge in [-0.1, -0.05) is 29.3 Å². The van der Waals surface area contributed by atoms with E-state index in [4.69, 9.17) is 27.9 Å². The topological polar surface area (TPSA) is 92.8 Å². The van der Waals surface area contributed by atoms with Gasteiger partial charge in [-0.2, -0.15) is 0 Å². The summed E-state index contributed by atoms with van der Waals surface area (Å²) in [5.74, 6) is -0.687. The van der Waals surface area contributed by atoms with Crippen LogP contribution >= 0.6 is 23.2 Å². The van der Waals surface area contributed by atoms with Gasteiger partial charge in [-0.15, -0.1) is 0 Å². The SMILES string of the molecule is CC(NC(=O)C(C)Oc1cccc(Cl)c1Cl)C(=O)N1CCS(=O)(=O)CC1. The number of amides is 2. The fraction of sp³-hybridized carbons (Fsp3) is 0.500. The summed E-state index contributed by atoms with van der Waals surface area (Å²) in [4.78, 5) is 26.1. The van der Waals surface area contributed by atoms with Gasteiger partial charge in [0, 0.05) is 13.1 Å². The molecule has 1 aliphatic heterocycles. The lowest BCUT2D eigenvalue weighted by molar-refractivity contribution is -0.137. The third-order valence-corrected chi connectivity index (χ3v) is 6.39. The first kappa shape index (κ1) is 20.8. The van der Waals surface area contributed by atoms with Crippen molar-refractivity contribution in [3.05, 3.63) is 28.2 Å². The summed E-state index contributed by atoms with van der Waals surface area (Å²) in [6.45, 7) is 3.33. The van der Waals surface area contributed by atoms with E-state index in [1.807, 2.05) is 0 Å². The molecule has 144 valence electrons. The second-order valence-corrected chi connectivity index (χ2v) is 9.11. The number of ether oxygens (including phenoxy) is 1. The number of rotatable bonds is 5. The number of sulfone groups is 1. The monoisotopic (exact) mass is 422 g/mol. The maximum absolute atomic E-state index is 12.4. The molecule has 0 radical (unpaired) electrons. The quantitative estimate of drug-likeness (QED) is 0.776. The van der Waals surface area contributed by atoms with Crippen molar-refractivity contribution >= 4 is 44.9 Å². The lowest BCUT2D eigenvalue weighted by atomic mass is 10.2. The third-order valence-electron chi connectivity index (χ3n) is 3.97. The van der Waals surface area contributed by atoms with Crippen molar-refractivity contribution in [2.45, 2.75) is 26.0 Å². The summed E-state index contributed by atoms with van der Waals surface area (Å²) in [5.41, 5.74) is 0. The fourth-order valence-corrected chi connectivity index (χ4v) is 3.96. The summed E-state index contributed by atoms with van der Waals surface area (Å²) in [7, 11) is -3.08. The molecule has 2 amide bonds. The van der Waals surface area contributed by atoms with Crippen LogP contribution in [0.2, 0.25) is 10.0 Å². The Morgan fingerprint density at radius 2 is 1.81 bits per heavy atom. The van der Waals surface area contributed by atoms with E-state index in [0.29, 0.717) is 5.02 Å². The molecular formula is C16H20Cl2N2O5S. The zero-order valence-corrected chi connectivity index (χ0v) is 16.7. The zero-order valence-electron chi connectivity index (χ0n) is 14.4. The molecule has 1 aliphatic rings. The second-order valence-electron chi connectivity index (χ2n) is 6.02. The lowest BCUT2D eigenvalue weighted by Gasteiger charge is -2.29. The third kappa shape index (κ3) is 5.25. The summed E-state index contributed by atoms with van der Waals surface area (Å²) >= 11 is 11.9. The largest absolute Gasteiger partial charge is 0.479 e. The normalized spacial score (nSPS) is 18.7. The Kier molecular flexibility index (Phi) is 6.76. The first-order valence-corrected chi connectivity index (χ1v) is 10.6. The van der Waals surface area contributed by atoms with Gasteiger partial charge in [0.05, 0.1) is 16.5 Å². The summed E-state index contributed by atoms with van der Waals surface area (Å²) in [6, 6.07) is 4.02. The van der Waals surface area contributed by atoms with E-state index in [0.717, 1.165) is 0 Å². The van der Waals surface area contributed by atoms with Crippen molar-refractivity contribution < 1.29 is 22.7 Å². The van der Waals surface area contributed by atoms with Gasteiger partial charge in [0.1, 0.15) is 16.8 Å². The van der Waals surface area contributed by atoms with E-state index in [-0.39, 0.29) is 41.3 Å². The van der Waals surface area contributed by atoms with E-state index in [1.165, 1.54) is 11.8 Å². The Bertz CT molecular complexity index is 786. The smallest absolute Gasteiger partial charge is 0.261 e. The van der Waals surface area contributed by atoms with Gasteiger partial charge < -0.3 is 15.0 Å². The van der Waals surface area contributed by atoms with Crippen molar-refractivity contribution in [2.24, 2.45) is 0 Å². The van der Waals surface area contributed by atoms with Gasteiger partial charge in [0.15, 0.2) is 15.9 Å². The first-order valence-electron chi connectivity index (χ1n) is 8.01. The number of carbonyl (C=O) groups is 2. The molecule has 26 heavy (non-hydrogen) atoms. The maximum Gasteiger partial charge on any atom is 0.261 e. The van der Waals surface area contributed by atoms with Crippen molar-refractivity contribution in [3.8, 4) is 5.75 Å². The number of hydrogen-bond acceptors (Lipinski definition) is 5. The molecular weight excluding hydrogens is 403 g/mol. The molecule has 0 saturated carbocycles. The molecule has 7 nitrogen and oxygen atoms in total. The molecule has 2 atom stereocenters. The highest BCUT2D eigenvalue weighted by atomic mass is 35.5. The molecule has 0 bridgehead atoms. The van der Waals surface area contributed by atoms with Gasteiger partial charge in [-0.25, -0.2) is 8.42 Å². The number of halogens is 2. The molecule has 2 rings (SSSR count). The molecule has 10 heteroatoms. The number of nitrogens with one attached hydrogen (secondary N) is 1. The highest BCUT2D eigenvalue weighted by molar-refractivity contribution is 7.91. The Labute approximate surface area is 162 Å². The Morgan fingerprint density at radius 3 is 2.42 bits per heavy atom. The van der Waals surface area contributed by atoms with E-state index in [1.54, 1.807) is 25.1 Å². The van der Waals surface area contributed by atoms with Crippen LogP contribution in [-0.2, 0) is 19.4 Å². The highest BCUT2D eigenvalue weighted by Gasteiger charge is 2.29. The van der Waals surface area contributed by atoms with Crippen molar-refractivity contribution in [1.29, 1.82) is 0 Å². The molecule has 1 aromatic rings. The van der Waals surface area contributed by atoms with E-state index >= 15 is 0 Å². The van der Waals surface area contributed by atoms with Crippen LogP contribution in [0.1, 0.15) is 13.8 Å². The number of hydrogen-bond donors (Lipinski definition) is 1. The molecule has 0 aliphatic carbocycles. The Morgan fingerprint density at radius 1 is 1.19 bits per heavy atom. The minimum absolute atomic E-state index is 0.0633. The molecule has 1 heterocycles. The molecule has 1 N–H and O–H groups in total. The molecule has 0 aromatic heterocycles. The van der Waals surface area contributed by atoms with Crippen LogP contribution in [0, 0.1) is 0 Å². The van der Waals surface area contributed by atoms with Crippen LogP contribution < -0.4 is 10.1 Å². The first-order chi connectivity index (χ1) is 12.1. The molecule has 1 saturated heterocycles. The lowest BCUT2D eigenvalue weighted by Crippen LogP contribution is -2.53. The average molecular weight is 423 g/mol. The predicted octanol–water partition coefficient (Wildman–Crippen LogP) is 1.52. The van der Waals surface area contributed by atoms with Crippen molar-refractivity contribution in [2.75, 3.05) is 24.6 Å². The van der Waals surface area contributed by atoms with Gasteiger partial charge in [-0.3, -0.25) is 9.59 Å². The number of nitrogens with zero attached hydrogens (tertiary/aromatic N) is 1. The van der Waals surface area contributed by atoms with Crippen molar-refractivity contribution in [3.63, 3.8) is 0 Å². The van der Waals surface area contributed by atoms with Gasteiger partial charge >= 0.3 is 0 Å². The molecule has 1 aromatic carbocycles. The summed E-state index contributed by atoms with van der Waals surface area (Å²) < 4.78 is 28.4. The van der Waals surface area contributed by atoms with Crippen molar-refractivity contribution in [1.82, 2.24) is 10.2 Å². The molecule has 2 unspecified atom stereocenters. The van der Waals surface area contributed by atoms with Gasteiger partial charge in [-0.05, 0) is 26.0 Å². The Hall–Kier alpha value is -1.51. The molecule has 0 spiro atoms. The number of carbonyl (C=O) groups excluding carboxylic acids is 2. The van der Waals surface area contributed by atoms with E-state index in [9.17, 15) is 18.0 Å². The van der Waals surface area contributed by atoms with Crippen LogP contribution in [0.3, 0.4) is 0 Å². The van der Waals surface area contributed by atoms with Crippen LogP contribution in [0.5, 0.6) is 5.75 Å². The Balaban J connectivity index is 1.91. The van der Waals surface area contributed by atoms with Gasteiger partial charge in [0.2, 0.25) is 5.91 Å². The number of benzene rings is 1. The minimum atomic E-state index is -3.08. The maximum atomic E-state index is 12.4. The summed E-state index contributed by atoms with van der Waals surface area (Å²) in [6.07, 6.45) is -0.900. The molecule has 1 fully saturated rings. The fourth-order valence-electron chi connectivity index (χ4n) is 2.42. The standard InChI is InChI=1S/C16H20Cl2N2O5S/c1-10(16(22)20-6-8-26(23,24)9-7-20)19-15(21)11(2)25-13-5-3-4-12(17)14(13)18/h3-5,10-11H,6-9H2,1-2H3,(H,19,21). The van der Waals surface area contributed by atoms with Crippen LogP contribution in [0.15, 0.2) is 18.2 Å². The second kappa shape index (κ2) is 8.45. The average Bonchev–Trinajstić information content (AvgIpc) is 2.58. The van der Waals surface area contributed by atoms with E-state index in [2.05, 4.69) is 5.32 Å². The van der Waals surface area contributed by atoms with E-state index < -0.39 is 27.9 Å². The zero-order chi connectivity index (χ0) is 19.5. The van der Waals surface area contributed by atoms with Crippen LogP contribution in [-0.4, -0.2) is 61.9 Å². The minimum Gasteiger partial charge on any atom is -0.479 e. The van der Waals surface area contributed by atoms with Gasteiger partial charge in [0.25, 0.3) is 5.91 Å². The summed E-state index contributed by atoms with van der Waals surface area (Å²) in [5, 5.41) is 3.08. The van der Waals surface area contributed by atoms with Crippen LogP contribution in [0.25, 0.3) is 0 Å². The predicted molar refractivity (Wildman–Crippen MR) is 99.4 cm³/mol. The highest BCUT2D eigenvalue weighted by Crippen LogP contribution is 2.32.